The average molecular weight is 321 g/mol. The fourth-order valence-corrected chi connectivity index (χ4v) is 2.65. The molecular weight excluding hydrogens is 300 g/mol. The molecule has 0 bridgehead atoms. The summed E-state index contributed by atoms with van der Waals surface area (Å²) < 4.78 is 1.84. The molecule has 2 heterocycles. The number of anilines is 1. The van der Waals surface area contributed by atoms with Crippen LogP contribution in [0.2, 0.25) is 0 Å². The lowest BCUT2D eigenvalue weighted by Gasteiger charge is -2.07. The van der Waals surface area contributed by atoms with Crippen LogP contribution >= 0.6 is 12.4 Å². The molecule has 1 aliphatic rings. The lowest BCUT2D eigenvalue weighted by molar-refractivity contribution is -0.116. The van der Waals surface area contributed by atoms with E-state index in [0.29, 0.717) is 18.9 Å². The van der Waals surface area contributed by atoms with Crippen molar-refractivity contribution in [3.05, 3.63) is 48.3 Å². The predicted octanol–water partition coefficient (Wildman–Crippen LogP) is 2.29. The van der Waals surface area contributed by atoms with Crippen LogP contribution in [0.1, 0.15) is 18.4 Å². The number of hydrogen-bond donors (Lipinski definition) is 2. The Balaban J connectivity index is 0.00000176. The second kappa shape index (κ2) is 7.96. The largest absolute Gasteiger partial charge is 0.323 e. The van der Waals surface area contributed by atoms with Gasteiger partial charge in [-0.25, -0.2) is 0 Å². The van der Waals surface area contributed by atoms with Crippen LogP contribution in [-0.4, -0.2) is 28.8 Å². The predicted molar refractivity (Wildman–Crippen MR) is 89.2 cm³/mol. The first-order valence-electron chi connectivity index (χ1n) is 7.36. The number of rotatable bonds is 5. The summed E-state index contributed by atoms with van der Waals surface area (Å²) in [5.41, 5.74) is 1.96. The van der Waals surface area contributed by atoms with Crippen molar-refractivity contribution in [2.45, 2.75) is 19.4 Å². The van der Waals surface area contributed by atoms with Gasteiger partial charge in [0.1, 0.15) is 0 Å². The van der Waals surface area contributed by atoms with Crippen LogP contribution in [-0.2, 0) is 11.3 Å². The summed E-state index contributed by atoms with van der Waals surface area (Å²) in [7, 11) is 0. The summed E-state index contributed by atoms with van der Waals surface area (Å²) >= 11 is 0. The van der Waals surface area contributed by atoms with Gasteiger partial charge in [-0.2, -0.15) is 5.10 Å². The maximum Gasteiger partial charge on any atom is 0.224 e. The molecule has 22 heavy (non-hydrogen) atoms. The zero-order valence-electron chi connectivity index (χ0n) is 12.4. The van der Waals surface area contributed by atoms with E-state index in [1.807, 2.05) is 29.1 Å². The lowest BCUT2D eigenvalue weighted by atomic mass is 10.0. The summed E-state index contributed by atoms with van der Waals surface area (Å²) in [6, 6.07) is 10.1. The normalized spacial score (nSPS) is 17.0. The number of benzene rings is 1. The van der Waals surface area contributed by atoms with Crippen molar-refractivity contribution in [3.63, 3.8) is 0 Å². The van der Waals surface area contributed by atoms with Gasteiger partial charge in [-0.15, -0.1) is 12.4 Å². The number of carbonyl (C=O) groups excluding carboxylic acids is 1. The molecule has 1 saturated heterocycles. The molecule has 6 heteroatoms. The number of hydrogen-bond acceptors (Lipinski definition) is 3. The summed E-state index contributed by atoms with van der Waals surface area (Å²) in [5, 5.41) is 10.5. The minimum absolute atomic E-state index is 0. The van der Waals surface area contributed by atoms with Crippen molar-refractivity contribution in [2.24, 2.45) is 5.92 Å². The molecule has 2 aromatic rings. The Morgan fingerprint density at radius 1 is 1.36 bits per heavy atom. The summed E-state index contributed by atoms with van der Waals surface area (Å²) in [6.07, 6.45) is 5.24. The molecule has 118 valence electrons. The number of amides is 1. The zero-order chi connectivity index (χ0) is 14.5. The maximum atomic E-state index is 12.0. The smallest absolute Gasteiger partial charge is 0.224 e. The number of nitrogens with one attached hydrogen (secondary N) is 2. The molecule has 3 rings (SSSR count). The average Bonchev–Trinajstić information content (AvgIpc) is 3.12. The molecule has 5 nitrogen and oxygen atoms in total. The molecule has 1 unspecified atom stereocenters. The Kier molecular flexibility index (Phi) is 5.98. The van der Waals surface area contributed by atoms with Crippen molar-refractivity contribution in [1.82, 2.24) is 15.1 Å². The Bertz CT molecular complexity index is 593. The van der Waals surface area contributed by atoms with Crippen LogP contribution in [0.5, 0.6) is 0 Å². The molecular formula is C16H21ClN4O. The van der Waals surface area contributed by atoms with Gasteiger partial charge in [0, 0.05) is 12.6 Å². The minimum atomic E-state index is 0. The molecule has 0 aliphatic carbocycles. The minimum Gasteiger partial charge on any atom is -0.323 e. The molecule has 1 aromatic carbocycles. The van der Waals surface area contributed by atoms with Gasteiger partial charge < -0.3 is 10.6 Å². The van der Waals surface area contributed by atoms with Crippen LogP contribution in [0.4, 0.5) is 5.69 Å². The number of carbonyl (C=O) groups is 1. The summed E-state index contributed by atoms with van der Waals surface area (Å²) in [5.74, 6) is 0.535. The Hall–Kier alpha value is -1.85. The van der Waals surface area contributed by atoms with E-state index in [1.165, 1.54) is 5.56 Å². The molecule has 1 fully saturated rings. The SMILES string of the molecule is Cl.O=C(CC1CCNC1)Nc1cnn(Cc2ccccc2)c1. The maximum absolute atomic E-state index is 12.0. The number of aromatic nitrogens is 2. The standard InChI is InChI=1S/C16H20N4O.ClH/c21-16(8-14-6-7-17-9-14)19-15-10-18-20(12-15)11-13-4-2-1-3-5-13;/h1-5,10,12,14,17H,6-9,11H2,(H,19,21);1H. The highest BCUT2D eigenvalue weighted by Gasteiger charge is 2.18. The molecule has 0 radical (unpaired) electrons. The van der Waals surface area contributed by atoms with Gasteiger partial charge in [-0.3, -0.25) is 9.48 Å². The van der Waals surface area contributed by atoms with Gasteiger partial charge in [0.2, 0.25) is 5.91 Å². The van der Waals surface area contributed by atoms with Crippen molar-refractivity contribution in [1.29, 1.82) is 0 Å². The van der Waals surface area contributed by atoms with Gasteiger partial charge in [-0.1, -0.05) is 30.3 Å². The van der Waals surface area contributed by atoms with Crippen LogP contribution in [0.15, 0.2) is 42.7 Å². The van der Waals surface area contributed by atoms with E-state index in [-0.39, 0.29) is 18.3 Å². The first-order chi connectivity index (χ1) is 10.3. The van der Waals surface area contributed by atoms with E-state index in [2.05, 4.69) is 27.9 Å². The molecule has 1 atom stereocenters. The first-order valence-corrected chi connectivity index (χ1v) is 7.36. The monoisotopic (exact) mass is 320 g/mol. The van der Waals surface area contributed by atoms with E-state index < -0.39 is 0 Å². The second-order valence-corrected chi connectivity index (χ2v) is 5.52. The molecule has 1 aliphatic heterocycles. The Morgan fingerprint density at radius 2 is 2.18 bits per heavy atom. The van der Waals surface area contributed by atoms with Gasteiger partial charge in [0.15, 0.2) is 0 Å². The molecule has 0 spiro atoms. The van der Waals surface area contributed by atoms with Crippen molar-refractivity contribution in [3.8, 4) is 0 Å². The highest BCUT2D eigenvalue weighted by molar-refractivity contribution is 5.90. The third kappa shape index (κ3) is 4.58. The lowest BCUT2D eigenvalue weighted by Crippen LogP contribution is -2.18. The van der Waals surface area contributed by atoms with Crippen molar-refractivity contribution >= 4 is 24.0 Å². The van der Waals surface area contributed by atoms with Crippen LogP contribution in [0.3, 0.4) is 0 Å². The third-order valence-electron chi connectivity index (χ3n) is 3.74. The van der Waals surface area contributed by atoms with Crippen LogP contribution < -0.4 is 10.6 Å². The zero-order valence-corrected chi connectivity index (χ0v) is 13.2. The fraction of sp³-hybridized carbons (Fsp3) is 0.375. The first kappa shape index (κ1) is 16.5. The molecule has 2 N–H and O–H groups in total. The van der Waals surface area contributed by atoms with Crippen molar-refractivity contribution in [2.75, 3.05) is 18.4 Å². The Labute approximate surface area is 136 Å². The molecule has 1 amide bonds. The van der Waals surface area contributed by atoms with E-state index in [9.17, 15) is 4.79 Å². The number of halogens is 1. The number of nitrogens with zero attached hydrogens (tertiary/aromatic N) is 2. The van der Waals surface area contributed by atoms with Gasteiger partial charge >= 0.3 is 0 Å². The van der Waals surface area contributed by atoms with E-state index in [1.54, 1.807) is 6.20 Å². The molecule has 0 saturated carbocycles. The van der Waals surface area contributed by atoms with Gasteiger partial charge in [0.05, 0.1) is 18.4 Å². The summed E-state index contributed by atoms with van der Waals surface area (Å²) in [6.45, 7) is 2.68. The quantitative estimate of drug-likeness (QED) is 0.888. The van der Waals surface area contributed by atoms with E-state index >= 15 is 0 Å². The molecule has 1 aromatic heterocycles. The topological polar surface area (TPSA) is 59.0 Å². The third-order valence-corrected chi connectivity index (χ3v) is 3.74. The Morgan fingerprint density at radius 3 is 2.91 bits per heavy atom. The second-order valence-electron chi connectivity index (χ2n) is 5.52. The van der Waals surface area contributed by atoms with Crippen LogP contribution in [0.25, 0.3) is 0 Å². The fourth-order valence-electron chi connectivity index (χ4n) is 2.65. The van der Waals surface area contributed by atoms with E-state index in [0.717, 1.165) is 25.2 Å². The summed E-state index contributed by atoms with van der Waals surface area (Å²) in [4.78, 5) is 12.0. The van der Waals surface area contributed by atoms with Crippen molar-refractivity contribution < 1.29 is 4.79 Å². The highest BCUT2D eigenvalue weighted by atomic mass is 35.5. The van der Waals surface area contributed by atoms with E-state index in [4.69, 9.17) is 0 Å². The van der Waals surface area contributed by atoms with Gasteiger partial charge in [0.25, 0.3) is 0 Å². The van der Waals surface area contributed by atoms with Gasteiger partial charge in [-0.05, 0) is 31.0 Å². The highest BCUT2D eigenvalue weighted by Crippen LogP contribution is 2.14. The van der Waals surface area contributed by atoms with Crippen LogP contribution in [0, 0.1) is 5.92 Å².